The average Bonchev–Trinajstić information content (AvgIpc) is 2.23. The van der Waals surface area contributed by atoms with Crippen molar-refractivity contribution in [2.24, 2.45) is 0 Å². The lowest BCUT2D eigenvalue weighted by Gasteiger charge is -2.10. The van der Waals surface area contributed by atoms with Crippen LogP contribution in [0.5, 0.6) is 5.75 Å². The molecule has 0 aliphatic heterocycles. The molecule has 3 nitrogen and oxygen atoms in total. The normalized spacial score (nSPS) is 10.2. The highest BCUT2D eigenvalue weighted by atomic mass is 35.5. The number of ether oxygens (including phenoxy) is 1. The summed E-state index contributed by atoms with van der Waals surface area (Å²) in [5.41, 5.74) is 1.36. The highest BCUT2D eigenvalue weighted by Gasteiger charge is 2.12. The van der Waals surface area contributed by atoms with E-state index in [1.54, 1.807) is 12.1 Å². The van der Waals surface area contributed by atoms with Crippen molar-refractivity contribution in [2.45, 2.75) is 20.3 Å². The first-order chi connectivity index (χ1) is 7.60. The van der Waals surface area contributed by atoms with Gasteiger partial charge in [-0.3, -0.25) is 4.79 Å². The molecule has 4 heteroatoms. The van der Waals surface area contributed by atoms with Gasteiger partial charge in [-0.1, -0.05) is 11.6 Å². The summed E-state index contributed by atoms with van der Waals surface area (Å²) in [5, 5.41) is 9.14. The molecule has 0 spiro atoms. The standard InChI is InChI=1S/C12H15ClO3/c1-3-16-12-6-8(2)9(7-10(12)13)11(15)4-5-14/h6-7,14H,3-5H2,1-2H3. The number of carbonyl (C=O) groups is 1. The zero-order valence-electron chi connectivity index (χ0n) is 9.42. The van der Waals surface area contributed by atoms with Crippen LogP contribution in [0.4, 0.5) is 0 Å². The highest BCUT2D eigenvalue weighted by molar-refractivity contribution is 6.32. The third kappa shape index (κ3) is 2.97. The lowest BCUT2D eigenvalue weighted by molar-refractivity contribution is 0.0956. The van der Waals surface area contributed by atoms with Crippen molar-refractivity contribution in [3.63, 3.8) is 0 Å². The van der Waals surface area contributed by atoms with E-state index in [2.05, 4.69) is 0 Å². The van der Waals surface area contributed by atoms with Crippen LogP contribution in [0.3, 0.4) is 0 Å². The summed E-state index contributed by atoms with van der Waals surface area (Å²) in [6, 6.07) is 3.34. The van der Waals surface area contributed by atoms with Gasteiger partial charge in [0.15, 0.2) is 5.78 Å². The number of aryl methyl sites for hydroxylation is 1. The van der Waals surface area contributed by atoms with Crippen molar-refractivity contribution < 1.29 is 14.6 Å². The summed E-state index contributed by atoms with van der Waals surface area (Å²) in [6.45, 7) is 4.08. The number of hydrogen-bond acceptors (Lipinski definition) is 3. The molecule has 0 aliphatic carbocycles. The van der Waals surface area contributed by atoms with Gasteiger partial charge in [-0.2, -0.15) is 0 Å². The average molecular weight is 243 g/mol. The van der Waals surface area contributed by atoms with Crippen LogP contribution < -0.4 is 4.74 Å². The summed E-state index contributed by atoms with van der Waals surface area (Å²) in [7, 11) is 0. The lowest BCUT2D eigenvalue weighted by atomic mass is 10.0. The first-order valence-electron chi connectivity index (χ1n) is 5.17. The van der Waals surface area contributed by atoms with Crippen molar-refractivity contribution in [3.05, 3.63) is 28.3 Å². The van der Waals surface area contributed by atoms with Crippen LogP contribution in [-0.4, -0.2) is 24.1 Å². The summed E-state index contributed by atoms with van der Waals surface area (Å²) in [4.78, 5) is 11.6. The molecule has 16 heavy (non-hydrogen) atoms. The number of halogens is 1. The number of hydrogen-bond donors (Lipinski definition) is 1. The monoisotopic (exact) mass is 242 g/mol. The van der Waals surface area contributed by atoms with Gasteiger partial charge in [-0.15, -0.1) is 0 Å². The van der Waals surface area contributed by atoms with Crippen molar-refractivity contribution in [1.82, 2.24) is 0 Å². The Labute approximate surface area is 100.0 Å². The van der Waals surface area contributed by atoms with E-state index < -0.39 is 0 Å². The zero-order chi connectivity index (χ0) is 12.1. The molecule has 1 rings (SSSR count). The van der Waals surface area contributed by atoms with Gasteiger partial charge in [-0.25, -0.2) is 0 Å². The van der Waals surface area contributed by atoms with Crippen LogP contribution in [0, 0.1) is 6.92 Å². The van der Waals surface area contributed by atoms with Crippen LogP contribution in [0.1, 0.15) is 29.3 Å². The van der Waals surface area contributed by atoms with Crippen molar-refractivity contribution in [3.8, 4) is 5.75 Å². The molecule has 1 aromatic rings. The largest absolute Gasteiger partial charge is 0.492 e. The van der Waals surface area contributed by atoms with E-state index in [1.807, 2.05) is 13.8 Å². The summed E-state index contributed by atoms with van der Waals surface area (Å²) in [5.74, 6) is 0.479. The van der Waals surface area contributed by atoms with E-state index in [4.69, 9.17) is 21.4 Å². The fourth-order valence-electron chi connectivity index (χ4n) is 1.46. The number of benzene rings is 1. The van der Waals surface area contributed by atoms with E-state index in [0.29, 0.717) is 22.9 Å². The van der Waals surface area contributed by atoms with Crippen molar-refractivity contribution in [2.75, 3.05) is 13.2 Å². The molecule has 88 valence electrons. The predicted molar refractivity (Wildman–Crippen MR) is 63.4 cm³/mol. The molecule has 0 bridgehead atoms. The highest BCUT2D eigenvalue weighted by Crippen LogP contribution is 2.28. The quantitative estimate of drug-likeness (QED) is 0.808. The topological polar surface area (TPSA) is 46.5 Å². The smallest absolute Gasteiger partial charge is 0.165 e. The molecule has 0 heterocycles. The van der Waals surface area contributed by atoms with Gasteiger partial charge in [0.2, 0.25) is 0 Å². The Balaban J connectivity index is 3.05. The summed E-state index contributed by atoms with van der Waals surface area (Å²) >= 11 is 5.98. The number of aliphatic hydroxyl groups excluding tert-OH is 1. The minimum absolute atomic E-state index is 0.107. The van der Waals surface area contributed by atoms with E-state index in [1.165, 1.54) is 0 Å². The molecule has 0 atom stereocenters. The van der Waals surface area contributed by atoms with Gasteiger partial charge in [0.1, 0.15) is 5.75 Å². The number of Topliss-reactive ketones (excluding diaryl/α,β-unsaturated/α-hetero) is 1. The molecule has 0 aliphatic rings. The maximum atomic E-state index is 11.6. The SMILES string of the molecule is CCOc1cc(C)c(C(=O)CCO)cc1Cl. The minimum atomic E-state index is -0.150. The molecule has 0 saturated heterocycles. The molecule has 1 aromatic carbocycles. The van der Waals surface area contributed by atoms with Crippen LogP contribution in [-0.2, 0) is 0 Å². The van der Waals surface area contributed by atoms with Crippen LogP contribution in [0.2, 0.25) is 5.02 Å². The van der Waals surface area contributed by atoms with Crippen LogP contribution >= 0.6 is 11.6 Å². The number of rotatable bonds is 5. The van der Waals surface area contributed by atoms with Gasteiger partial charge >= 0.3 is 0 Å². The Bertz CT molecular complexity index is 388. The van der Waals surface area contributed by atoms with Crippen molar-refractivity contribution >= 4 is 17.4 Å². The van der Waals surface area contributed by atoms with Crippen LogP contribution in [0.25, 0.3) is 0 Å². The lowest BCUT2D eigenvalue weighted by Crippen LogP contribution is -2.05. The van der Waals surface area contributed by atoms with E-state index in [0.717, 1.165) is 5.56 Å². The fraction of sp³-hybridized carbons (Fsp3) is 0.417. The van der Waals surface area contributed by atoms with Gasteiger partial charge in [-0.05, 0) is 31.5 Å². The second-order valence-corrected chi connectivity index (χ2v) is 3.83. The Hall–Kier alpha value is -1.06. The third-order valence-electron chi connectivity index (χ3n) is 2.22. The Kier molecular flexibility index (Phi) is 4.77. The Morgan fingerprint density at radius 3 is 2.75 bits per heavy atom. The summed E-state index contributed by atoms with van der Waals surface area (Å²) < 4.78 is 5.32. The fourth-order valence-corrected chi connectivity index (χ4v) is 1.68. The molecular formula is C12H15ClO3. The second kappa shape index (κ2) is 5.87. The van der Waals surface area contributed by atoms with Crippen molar-refractivity contribution in [1.29, 1.82) is 0 Å². The van der Waals surface area contributed by atoms with Gasteiger partial charge in [0.05, 0.1) is 18.2 Å². The predicted octanol–water partition coefficient (Wildman–Crippen LogP) is 2.61. The molecule has 0 saturated carbocycles. The van der Waals surface area contributed by atoms with Gasteiger partial charge < -0.3 is 9.84 Å². The Morgan fingerprint density at radius 2 is 2.19 bits per heavy atom. The maximum absolute atomic E-state index is 11.6. The molecular weight excluding hydrogens is 228 g/mol. The van der Waals surface area contributed by atoms with Crippen LogP contribution in [0.15, 0.2) is 12.1 Å². The third-order valence-corrected chi connectivity index (χ3v) is 2.51. The molecule has 0 unspecified atom stereocenters. The molecule has 0 radical (unpaired) electrons. The Morgan fingerprint density at radius 1 is 1.50 bits per heavy atom. The molecule has 0 aromatic heterocycles. The zero-order valence-corrected chi connectivity index (χ0v) is 10.2. The molecule has 0 amide bonds. The molecule has 1 N–H and O–H groups in total. The van der Waals surface area contributed by atoms with Gasteiger partial charge in [0, 0.05) is 12.0 Å². The van der Waals surface area contributed by atoms with E-state index in [-0.39, 0.29) is 18.8 Å². The minimum Gasteiger partial charge on any atom is -0.492 e. The summed E-state index contributed by atoms with van der Waals surface area (Å²) in [6.07, 6.45) is 0.116. The number of ketones is 1. The van der Waals surface area contributed by atoms with E-state index in [9.17, 15) is 4.79 Å². The first kappa shape index (κ1) is 13.0. The molecule has 0 fully saturated rings. The number of aliphatic hydroxyl groups is 1. The maximum Gasteiger partial charge on any atom is 0.165 e. The first-order valence-corrected chi connectivity index (χ1v) is 5.55. The van der Waals surface area contributed by atoms with E-state index >= 15 is 0 Å². The van der Waals surface area contributed by atoms with Gasteiger partial charge in [0.25, 0.3) is 0 Å². The number of carbonyl (C=O) groups excluding carboxylic acids is 1. The second-order valence-electron chi connectivity index (χ2n) is 3.43.